The monoisotopic (exact) mass is 497 g/mol. The van der Waals surface area contributed by atoms with Crippen LogP contribution in [0.1, 0.15) is 27.0 Å². The predicted molar refractivity (Wildman–Crippen MR) is 146 cm³/mol. The lowest BCUT2D eigenvalue weighted by Gasteiger charge is -2.32. The molecule has 184 valence electrons. The van der Waals surface area contributed by atoms with E-state index in [2.05, 4.69) is 89.1 Å². The van der Waals surface area contributed by atoms with Gasteiger partial charge >= 0.3 is 0 Å². The topological polar surface area (TPSA) is 54.3 Å². The van der Waals surface area contributed by atoms with Crippen molar-refractivity contribution in [3.63, 3.8) is 0 Å². The minimum Gasteiger partial charge on any atom is -0.336 e. The molecule has 1 amide bonds. The summed E-state index contributed by atoms with van der Waals surface area (Å²) < 4.78 is 2.13. The number of carbonyl (C=O) groups excluding carboxylic acids is 1. The van der Waals surface area contributed by atoms with Crippen molar-refractivity contribution >= 4 is 17.7 Å². The molecule has 0 spiro atoms. The minimum absolute atomic E-state index is 0.115. The van der Waals surface area contributed by atoms with Gasteiger partial charge in [-0.25, -0.2) is 0 Å². The number of amides is 1. The first-order valence-corrected chi connectivity index (χ1v) is 13.3. The van der Waals surface area contributed by atoms with E-state index in [0.717, 1.165) is 65.3 Å². The van der Waals surface area contributed by atoms with E-state index in [-0.39, 0.29) is 5.91 Å². The first-order valence-electron chi connectivity index (χ1n) is 12.3. The Labute approximate surface area is 217 Å². The predicted octanol–water partition coefficient (Wildman–Crippen LogP) is 5.23. The van der Waals surface area contributed by atoms with E-state index in [4.69, 9.17) is 0 Å². The van der Waals surface area contributed by atoms with Gasteiger partial charge in [0.05, 0.1) is 0 Å². The number of hydrogen-bond acceptors (Lipinski definition) is 5. The summed E-state index contributed by atoms with van der Waals surface area (Å²) in [6.07, 6.45) is 0. The Balaban J connectivity index is 1.35. The highest BCUT2D eigenvalue weighted by atomic mass is 32.2. The second kappa shape index (κ2) is 10.7. The zero-order chi connectivity index (χ0) is 25.1. The van der Waals surface area contributed by atoms with Crippen molar-refractivity contribution in [3.05, 3.63) is 95.1 Å². The smallest absolute Gasteiger partial charge is 0.253 e. The van der Waals surface area contributed by atoms with Crippen molar-refractivity contribution in [1.29, 1.82) is 0 Å². The molecule has 1 aliphatic rings. The van der Waals surface area contributed by atoms with Crippen LogP contribution in [0.5, 0.6) is 0 Å². The minimum atomic E-state index is 0.115. The van der Waals surface area contributed by atoms with Crippen molar-refractivity contribution in [2.24, 2.45) is 0 Å². The van der Waals surface area contributed by atoms with E-state index < -0.39 is 0 Å². The average Bonchev–Trinajstić information content (AvgIpc) is 3.32. The molecule has 7 heteroatoms. The van der Waals surface area contributed by atoms with E-state index in [1.54, 1.807) is 11.8 Å². The summed E-state index contributed by atoms with van der Waals surface area (Å²) in [5, 5.41) is 9.97. The largest absolute Gasteiger partial charge is 0.336 e. The van der Waals surface area contributed by atoms with E-state index >= 15 is 0 Å². The number of aromatic nitrogens is 3. The van der Waals surface area contributed by atoms with Crippen molar-refractivity contribution in [1.82, 2.24) is 24.6 Å². The summed E-state index contributed by atoms with van der Waals surface area (Å²) in [5.74, 6) is 1.68. The fourth-order valence-corrected chi connectivity index (χ4v) is 5.24. The number of hydrogen-bond donors (Lipinski definition) is 0. The summed E-state index contributed by atoms with van der Waals surface area (Å²) in [5.41, 5.74) is 6.38. The van der Waals surface area contributed by atoms with Gasteiger partial charge in [0.2, 0.25) is 0 Å². The Kier molecular flexibility index (Phi) is 7.20. The Morgan fingerprint density at radius 3 is 2.28 bits per heavy atom. The van der Waals surface area contributed by atoms with Crippen LogP contribution in [0.2, 0.25) is 0 Å². The molecule has 0 N–H and O–H groups in total. The number of carbonyl (C=O) groups is 1. The Bertz CT molecular complexity index is 1340. The Morgan fingerprint density at radius 2 is 1.58 bits per heavy atom. The molecule has 1 aliphatic heterocycles. The number of piperazine rings is 1. The fraction of sp³-hybridized carbons (Fsp3) is 0.276. The van der Waals surface area contributed by atoms with Crippen LogP contribution in [-0.2, 0) is 5.75 Å². The molecule has 5 rings (SSSR count). The third kappa shape index (κ3) is 5.37. The average molecular weight is 498 g/mol. The van der Waals surface area contributed by atoms with Crippen LogP contribution in [0.25, 0.3) is 17.1 Å². The zero-order valence-corrected chi connectivity index (χ0v) is 21.8. The van der Waals surface area contributed by atoms with E-state index in [1.807, 2.05) is 29.2 Å². The SMILES string of the molecule is Cc1ccc(-c2nnc(SCc3ccc(C(=O)N4CCN(C)CC4)cc3)n2-c2cccc(C)c2)cc1. The van der Waals surface area contributed by atoms with Crippen LogP contribution in [0.4, 0.5) is 0 Å². The van der Waals surface area contributed by atoms with Crippen LogP contribution in [0.15, 0.2) is 78.0 Å². The van der Waals surface area contributed by atoms with E-state index in [1.165, 1.54) is 11.1 Å². The van der Waals surface area contributed by atoms with Gasteiger partial charge in [-0.2, -0.15) is 0 Å². The highest BCUT2D eigenvalue weighted by Gasteiger charge is 2.20. The van der Waals surface area contributed by atoms with Crippen LogP contribution >= 0.6 is 11.8 Å². The lowest BCUT2D eigenvalue weighted by molar-refractivity contribution is 0.0664. The molecule has 0 atom stereocenters. The lowest BCUT2D eigenvalue weighted by Crippen LogP contribution is -2.47. The molecule has 0 saturated carbocycles. The van der Waals surface area contributed by atoms with Gasteiger partial charge in [0, 0.05) is 48.7 Å². The van der Waals surface area contributed by atoms with Crippen molar-refractivity contribution < 1.29 is 4.79 Å². The van der Waals surface area contributed by atoms with E-state index in [0.29, 0.717) is 0 Å². The van der Waals surface area contributed by atoms with Gasteiger partial charge in [0.15, 0.2) is 11.0 Å². The number of aryl methyl sites for hydroxylation is 2. The third-order valence-corrected chi connectivity index (χ3v) is 7.56. The van der Waals surface area contributed by atoms with Gasteiger partial charge in [-0.3, -0.25) is 9.36 Å². The van der Waals surface area contributed by atoms with Crippen LogP contribution in [-0.4, -0.2) is 63.7 Å². The maximum absolute atomic E-state index is 12.9. The molecule has 3 aromatic carbocycles. The molecule has 6 nitrogen and oxygen atoms in total. The summed E-state index contributed by atoms with van der Waals surface area (Å²) in [7, 11) is 2.10. The van der Waals surface area contributed by atoms with Gasteiger partial charge in [-0.05, 0) is 56.3 Å². The number of nitrogens with zero attached hydrogens (tertiary/aromatic N) is 5. The maximum atomic E-state index is 12.9. The number of rotatable bonds is 6. The molecule has 0 bridgehead atoms. The van der Waals surface area contributed by atoms with Gasteiger partial charge < -0.3 is 9.80 Å². The summed E-state index contributed by atoms with van der Waals surface area (Å²) in [4.78, 5) is 17.1. The quantitative estimate of drug-likeness (QED) is 0.342. The van der Waals surface area contributed by atoms with Gasteiger partial charge in [0.25, 0.3) is 5.91 Å². The summed E-state index contributed by atoms with van der Waals surface area (Å²) in [6.45, 7) is 7.59. The highest BCUT2D eigenvalue weighted by Crippen LogP contribution is 2.30. The molecule has 1 aromatic heterocycles. The lowest BCUT2D eigenvalue weighted by atomic mass is 10.1. The highest BCUT2D eigenvalue weighted by molar-refractivity contribution is 7.98. The molecule has 1 saturated heterocycles. The molecule has 36 heavy (non-hydrogen) atoms. The van der Waals surface area contributed by atoms with Crippen LogP contribution in [0.3, 0.4) is 0 Å². The van der Waals surface area contributed by atoms with Gasteiger partial charge in [-0.15, -0.1) is 10.2 Å². The van der Waals surface area contributed by atoms with Crippen molar-refractivity contribution in [3.8, 4) is 17.1 Å². The molecule has 0 aliphatic carbocycles. The second-order valence-corrected chi connectivity index (χ2v) is 10.4. The summed E-state index contributed by atoms with van der Waals surface area (Å²) >= 11 is 1.65. The first kappa shape index (κ1) is 24.3. The molecule has 0 unspecified atom stereocenters. The molecule has 1 fully saturated rings. The van der Waals surface area contributed by atoms with Crippen molar-refractivity contribution in [2.45, 2.75) is 24.8 Å². The van der Waals surface area contributed by atoms with Crippen LogP contribution < -0.4 is 0 Å². The first-order chi connectivity index (χ1) is 17.5. The van der Waals surface area contributed by atoms with Crippen molar-refractivity contribution in [2.75, 3.05) is 33.2 Å². The normalized spacial score (nSPS) is 14.2. The fourth-order valence-electron chi connectivity index (χ4n) is 4.34. The summed E-state index contributed by atoms with van der Waals surface area (Å²) in [6, 6.07) is 24.8. The standard InChI is InChI=1S/C29H31N5OS/c1-21-7-11-24(12-8-21)27-30-31-29(34(27)26-6-4-5-22(2)19-26)36-20-23-9-13-25(14-10-23)28(35)33-17-15-32(3)16-18-33/h4-14,19H,15-18,20H2,1-3H3. The molecular weight excluding hydrogens is 466 g/mol. The number of likely N-dealkylation sites (N-methyl/N-ethyl adjacent to an activating group) is 1. The zero-order valence-electron chi connectivity index (χ0n) is 21.0. The molecule has 2 heterocycles. The Morgan fingerprint density at radius 1 is 0.861 bits per heavy atom. The van der Waals surface area contributed by atoms with Gasteiger partial charge in [0.1, 0.15) is 0 Å². The molecule has 4 aromatic rings. The second-order valence-electron chi connectivity index (χ2n) is 9.43. The van der Waals surface area contributed by atoms with Crippen LogP contribution in [0, 0.1) is 13.8 Å². The number of thioether (sulfide) groups is 1. The maximum Gasteiger partial charge on any atom is 0.253 e. The third-order valence-electron chi connectivity index (χ3n) is 6.56. The molecule has 0 radical (unpaired) electrons. The van der Waals surface area contributed by atoms with Gasteiger partial charge in [-0.1, -0.05) is 65.9 Å². The number of benzene rings is 3. The molecular formula is C29H31N5OS. The Hall–Kier alpha value is -3.42. The van der Waals surface area contributed by atoms with E-state index in [9.17, 15) is 4.79 Å².